The molecule has 0 unspecified atom stereocenters. The summed E-state index contributed by atoms with van der Waals surface area (Å²) in [5.74, 6) is -0.491. The Morgan fingerprint density at radius 2 is 2.10 bits per heavy atom. The van der Waals surface area contributed by atoms with Crippen LogP contribution in [0.4, 0.5) is 5.69 Å². The second-order valence-electron chi connectivity index (χ2n) is 5.21. The number of para-hydroxylation sites is 1. The highest BCUT2D eigenvalue weighted by Gasteiger charge is 2.32. The summed E-state index contributed by atoms with van der Waals surface area (Å²) in [6, 6.07) is 8.04. The minimum absolute atomic E-state index is 0.125. The van der Waals surface area contributed by atoms with Crippen molar-refractivity contribution in [3.05, 3.63) is 29.8 Å². The van der Waals surface area contributed by atoms with E-state index in [9.17, 15) is 9.59 Å². The van der Waals surface area contributed by atoms with Gasteiger partial charge in [-0.05, 0) is 38.3 Å². The van der Waals surface area contributed by atoms with E-state index < -0.39 is 6.10 Å². The molecular formula is C16H21NO3. The van der Waals surface area contributed by atoms with E-state index in [0.29, 0.717) is 0 Å². The largest absolute Gasteiger partial charge is 0.453 e. The first kappa shape index (κ1) is 14.6. The molecule has 0 fully saturated rings. The van der Waals surface area contributed by atoms with Crippen molar-refractivity contribution >= 4 is 17.6 Å². The van der Waals surface area contributed by atoms with Crippen LogP contribution in [0.5, 0.6) is 0 Å². The molecule has 0 saturated carbocycles. The number of nitrogens with zero attached hydrogens (tertiary/aromatic N) is 1. The smallest absolute Gasteiger partial charge is 0.306 e. The lowest BCUT2D eigenvalue weighted by molar-refractivity contribution is -0.153. The molecule has 0 radical (unpaired) electrons. The molecule has 0 N–H and O–H groups in total. The van der Waals surface area contributed by atoms with Crippen molar-refractivity contribution in [2.24, 2.45) is 0 Å². The Bertz CT molecular complexity index is 512. The molecule has 1 aromatic carbocycles. The van der Waals surface area contributed by atoms with E-state index in [2.05, 4.69) is 0 Å². The summed E-state index contributed by atoms with van der Waals surface area (Å²) in [5.41, 5.74) is 2.11. The van der Waals surface area contributed by atoms with Crippen LogP contribution in [0.15, 0.2) is 24.3 Å². The van der Waals surface area contributed by atoms with Crippen molar-refractivity contribution in [1.29, 1.82) is 0 Å². The van der Waals surface area contributed by atoms with Crippen LogP contribution in [0.3, 0.4) is 0 Å². The zero-order chi connectivity index (χ0) is 14.7. The van der Waals surface area contributed by atoms with Gasteiger partial charge in [0.25, 0.3) is 5.91 Å². The Morgan fingerprint density at radius 1 is 1.40 bits per heavy atom. The van der Waals surface area contributed by atoms with Gasteiger partial charge in [0.15, 0.2) is 6.10 Å². The molecule has 0 aromatic heterocycles. The fraction of sp³-hybridized carbons (Fsp3) is 0.500. The van der Waals surface area contributed by atoms with Gasteiger partial charge in [0.1, 0.15) is 0 Å². The third-order valence-electron chi connectivity index (χ3n) is 3.71. The second kappa shape index (κ2) is 6.07. The summed E-state index contributed by atoms with van der Waals surface area (Å²) in [5, 5.41) is 0. The van der Waals surface area contributed by atoms with E-state index >= 15 is 0 Å². The summed E-state index contributed by atoms with van der Waals surface area (Å²) in [4.78, 5) is 25.7. The Morgan fingerprint density at radius 3 is 2.80 bits per heavy atom. The maximum absolute atomic E-state index is 12.6. The molecule has 2 atom stereocenters. The summed E-state index contributed by atoms with van der Waals surface area (Å²) in [7, 11) is 0. The van der Waals surface area contributed by atoms with Crippen molar-refractivity contribution in [3.63, 3.8) is 0 Å². The maximum atomic E-state index is 12.6. The van der Waals surface area contributed by atoms with E-state index in [4.69, 9.17) is 4.74 Å². The van der Waals surface area contributed by atoms with E-state index in [-0.39, 0.29) is 24.3 Å². The van der Waals surface area contributed by atoms with Crippen molar-refractivity contribution in [2.75, 3.05) is 4.90 Å². The number of anilines is 1. The van der Waals surface area contributed by atoms with Crippen LogP contribution in [-0.4, -0.2) is 24.0 Å². The number of ether oxygens (including phenoxy) is 1. The average molecular weight is 275 g/mol. The second-order valence-corrected chi connectivity index (χ2v) is 5.21. The predicted molar refractivity (Wildman–Crippen MR) is 77.6 cm³/mol. The maximum Gasteiger partial charge on any atom is 0.306 e. The molecule has 108 valence electrons. The monoisotopic (exact) mass is 275 g/mol. The van der Waals surface area contributed by atoms with Crippen LogP contribution in [0.2, 0.25) is 0 Å². The number of carbonyl (C=O) groups excluding carboxylic acids is 2. The normalized spacial score (nSPS) is 19.1. The topological polar surface area (TPSA) is 46.6 Å². The molecule has 0 bridgehead atoms. The van der Waals surface area contributed by atoms with Gasteiger partial charge in [0.05, 0.1) is 0 Å². The van der Waals surface area contributed by atoms with Crippen LogP contribution in [-0.2, 0) is 20.7 Å². The molecule has 0 spiro atoms. The number of benzene rings is 1. The first-order chi connectivity index (χ1) is 9.54. The molecule has 4 nitrogen and oxygen atoms in total. The van der Waals surface area contributed by atoms with Gasteiger partial charge in [-0.25, -0.2) is 0 Å². The zero-order valence-electron chi connectivity index (χ0n) is 12.3. The molecule has 4 heteroatoms. The highest BCUT2D eigenvalue weighted by Crippen LogP contribution is 2.31. The van der Waals surface area contributed by atoms with Gasteiger partial charge in [-0.1, -0.05) is 25.1 Å². The highest BCUT2D eigenvalue weighted by atomic mass is 16.5. The molecule has 1 amide bonds. The quantitative estimate of drug-likeness (QED) is 0.797. The first-order valence-corrected chi connectivity index (χ1v) is 7.15. The lowest BCUT2D eigenvalue weighted by Crippen LogP contribution is -2.47. The van der Waals surface area contributed by atoms with Crippen molar-refractivity contribution in [1.82, 2.24) is 0 Å². The molecule has 1 aliphatic heterocycles. The molecule has 0 saturated heterocycles. The zero-order valence-corrected chi connectivity index (χ0v) is 12.3. The van der Waals surface area contributed by atoms with Gasteiger partial charge in [0, 0.05) is 18.2 Å². The van der Waals surface area contributed by atoms with Gasteiger partial charge in [-0.2, -0.15) is 0 Å². The predicted octanol–water partition coefficient (Wildman–Crippen LogP) is 2.70. The van der Waals surface area contributed by atoms with E-state index in [1.807, 2.05) is 31.2 Å². The number of carbonyl (C=O) groups is 2. The summed E-state index contributed by atoms with van der Waals surface area (Å²) < 4.78 is 5.15. The Labute approximate surface area is 119 Å². The number of aryl methyl sites for hydroxylation is 1. The minimum atomic E-state index is -0.740. The fourth-order valence-corrected chi connectivity index (χ4v) is 2.55. The number of hydrogen-bond donors (Lipinski definition) is 0. The van der Waals surface area contributed by atoms with Crippen LogP contribution < -0.4 is 4.90 Å². The summed E-state index contributed by atoms with van der Waals surface area (Å²) in [6.45, 7) is 5.39. The first-order valence-electron chi connectivity index (χ1n) is 7.15. The fourth-order valence-electron chi connectivity index (χ4n) is 2.55. The van der Waals surface area contributed by atoms with Gasteiger partial charge >= 0.3 is 5.97 Å². The molecule has 1 aliphatic rings. The minimum Gasteiger partial charge on any atom is -0.453 e. The Kier molecular flexibility index (Phi) is 4.42. The standard InChI is InChI=1S/C16H21NO3/c1-4-15(18)20-12(3)16(19)17-11(2)9-10-13-7-5-6-8-14(13)17/h5-8,11-12H,4,9-10H2,1-3H3/t11-,12+/m1/s1. The Balaban J connectivity index is 2.22. The van der Waals surface area contributed by atoms with Crippen molar-refractivity contribution < 1.29 is 14.3 Å². The summed E-state index contributed by atoms with van der Waals surface area (Å²) in [6.07, 6.45) is 1.45. The molecular weight excluding hydrogens is 254 g/mol. The van der Waals surface area contributed by atoms with Gasteiger partial charge < -0.3 is 9.64 Å². The number of rotatable bonds is 3. The average Bonchev–Trinajstić information content (AvgIpc) is 2.46. The Hall–Kier alpha value is -1.84. The van der Waals surface area contributed by atoms with E-state index in [1.54, 1.807) is 18.7 Å². The summed E-state index contributed by atoms with van der Waals surface area (Å²) >= 11 is 0. The van der Waals surface area contributed by atoms with E-state index in [1.165, 1.54) is 5.56 Å². The van der Waals surface area contributed by atoms with E-state index in [0.717, 1.165) is 18.5 Å². The lowest BCUT2D eigenvalue weighted by Gasteiger charge is -2.36. The van der Waals surface area contributed by atoms with Gasteiger partial charge in [0.2, 0.25) is 0 Å². The molecule has 0 aliphatic carbocycles. The molecule has 20 heavy (non-hydrogen) atoms. The SMILES string of the molecule is CCC(=O)O[C@@H](C)C(=O)N1c2ccccc2CC[C@H]1C. The van der Waals surface area contributed by atoms with Crippen molar-refractivity contribution in [3.8, 4) is 0 Å². The number of fused-ring (bicyclic) bond motifs is 1. The van der Waals surface area contributed by atoms with Crippen LogP contribution in [0.25, 0.3) is 0 Å². The molecule has 1 aromatic rings. The third kappa shape index (κ3) is 2.84. The van der Waals surface area contributed by atoms with Gasteiger partial charge in [-0.15, -0.1) is 0 Å². The third-order valence-corrected chi connectivity index (χ3v) is 3.71. The molecule has 1 heterocycles. The highest BCUT2D eigenvalue weighted by molar-refractivity contribution is 5.98. The number of esters is 1. The van der Waals surface area contributed by atoms with Crippen molar-refractivity contribution in [2.45, 2.75) is 52.2 Å². The van der Waals surface area contributed by atoms with Crippen LogP contribution >= 0.6 is 0 Å². The molecule has 2 rings (SSSR count). The lowest BCUT2D eigenvalue weighted by atomic mass is 9.96. The van der Waals surface area contributed by atoms with Gasteiger partial charge in [-0.3, -0.25) is 9.59 Å². The number of amides is 1. The van der Waals surface area contributed by atoms with Crippen LogP contribution in [0.1, 0.15) is 39.2 Å². The van der Waals surface area contributed by atoms with Crippen LogP contribution in [0, 0.1) is 0 Å². The number of hydrogen-bond acceptors (Lipinski definition) is 3.